The van der Waals surface area contributed by atoms with Gasteiger partial charge in [0.25, 0.3) is 0 Å². The zero-order chi connectivity index (χ0) is 14.7. The van der Waals surface area contributed by atoms with E-state index in [9.17, 15) is 9.59 Å². The van der Waals surface area contributed by atoms with Crippen LogP contribution >= 0.6 is 24.2 Å². The van der Waals surface area contributed by atoms with Crippen LogP contribution in [0.15, 0.2) is 24.3 Å². The second kappa shape index (κ2) is 7.85. The quantitative estimate of drug-likeness (QED) is 0.871. The molecule has 2 fully saturated rings. The molecule has 2 saturated heterocycles. The van der Waals surface area contributed by atoms with Gasteiger partial charge in [-0.3, -0.25) is 14.9 Å². The monoisotopic (exact) mass is 341 g/mol. The molecule has 1 atom stereocenters. The van der Waals surface area contributed by atoms with Crippen LogP contribution in [0.3, 0.4) is 0 Å². The Balaban J connectivity index is 0.00000176. The van der Waals surface area contributed by atoms with Gasteiger partial charge in [-0.05, 0) is 24.1 Å². The SMILES string of the molecule is Cl.O=C(NCc1ccc(N2CCCC2=O)cc1)C1CSCN1. The molecule has 0 spiro atoms. The average Bonchev–Trinajstić information content (AvgIpc) is 3.17. The number of nitrogens with zero attached hydrogens (tertiary/aromatic N) is 1. The molecule has 5 nitrogen and oxygen atoms in total. The van der Waals surface area contributed by atoms with Crippen LogP contribution in [0.2, 0.25) is 0 Å². The fourth-order valence-electron chi connectivity index (χ4n) is 2.59. The summed E-state index contributed by atoms with van der Waals surface area (Å²) in [4.78, 5) is 25.4. The highest BCUT2D eigenvalue weighted by Gasteiger charge is 2.23. The molecule has 0 radical (unpaired) electrons. The average molecular weight is 342 g/mol. The van der Waals surface area contributed by atoms with Crippen LogP contribution in [0.4, 0.5) is 5.69 Å². The third-order valence-electron chi connectivity index (χ3n) is 3.82. The van der Waals surface area contributed by atoms with E-state index in [2.05, 4.69) is 10.6 Å². The Morgan fingerprint density at radius 3 is 2.73 bits per heavy atom. The summed E-state index contributed by atoms with van der Waals surface area (Å²) in [6.07, 6.45) is 1.58. The van der Waals surface area contributed by atoms with E-state index in [4.69, 9.17) is 0 Å². The number of benzene rings is 1. The van der Waals surface area contributed by atoms with Gasteiger partial charge < -0.3 is 10.2 Å². The van der Waals surface area contributed by atoms with Gasteiger partial charge in [0.1, 0.15) is 0 Å². The van der Waals surface area contributed by atoms with E-state index in [0.717, 1.165) is 35.8 Å². The summed E-state index contributed by atoms with van der Waals surface area (Å²) in [5.41, 5.74) is 1.99. The Bertz CT molecular complexity index is 532. The molecule has 0 saturated carbocycles. The van der Waals surface area contributed by atoms with Crippen LogP contribution in [-0.4, -0.2) is 36.0 Å². The molecule has 2 heterocycles. The third kappa shape index (κ3) is 3.94. The Labute approximate surface area is 140 Å². The summed E-state index contributed by atoms with van der Waals surface area (Å²) < 4.78 is 0. The summed E-state index contributed by atoms with van der Waals surface area (Å²) in [5, 5.41) is 6.09. The van der Waals surface area contributed by atoms with Gasteiger partial charge in [0.15, 0.2) is 0 Å². The van der Waals surface area contributed by atoms with Crippen molar-refractivity contribution in [3.63, 3.8) is 0 Å². The van der Waals surface area contributed by atoms with E-state index in [0.29, 0.717) is 13.0 Å². The summed E-state index contributed by atoms with van der Waals surface area (Å²) >= 11 is 1.74. The molecular formula is C15H20ClN3O2S. The Morgan fingerprint density at radius 1 is 1.36 bits per heavy atom. The first-order valence-corrected chi connectivity index (χ1v) is 8.37. The number of halogens is 1. The van der Waals surface area contributed by atoms with Crippen molar-refractivity contribution in [2.24, 2.45) is 0 Å². The van der Waals surface area contributed by atoms with E-state index in [1.54, 1.807) is 11.8 Å². The molecule has 0 aromatic heterocycles. The van der Waals surface area contributed by atoms with Gasteiger partial charge >= 0.3 is 0 Å². The van der Waals surface area contributed by atoms with Crippen LogP contribution in [0.25, 0.3) is 0 Å². The van der Waals surface area contributed by atoms with Gasteiger partial charge in [-0.2, -0.15) is 0 Å². The minimum Gasteiger partial charge on any atom is -0.351 e. The molecule has 0 aliphatic carbocycles. The van der Waals surface area contributed by atoms with Crippen molar-refractivity contribution in [3.05, 3.63) is 29.8 Å². The van der Waals surface area contributed by atoms with Crippen LogP contribution in [0.1, 0.15) is 18.4 Å². The maximum Gasteiger partial charge on any atom is 0.238 e. The first-order chi connectivity index (χ1) is 10.2. The van der Waals surface area contributed by atoms with E-state index in [-0.39, 0.29) is 30.3 Å². The molecule has 1 aromatic carbocycles. The number of carbonyl (C=O) groups excluding carboxylic acids is 2. The van der Waals surface area contributed by atoms with Crippen molar-refractivity contribution in [3.8, 4) is 0 Å². The zero-order valence-electron chi connectivity index (χ0n) is 12.2. The number of nitrogens with one attached hydrogen (secondary N) is 2. The number of anilines is 1. The third-order valence-corrected chi connectivity index (χ3v) is 4.76. The number of rotatable bonds is 4. The number of hydrogen-bond donors (Lipinski definition) is 2. The lowest BCUT2D eigenvalue weighted by atomic mass is 10.2. The van der Waals surface area contributed by atoms with Crippen LogP contribution in [0.5, 0.6) is 0 Å². The number of hydrogen-bond acceptors (Lipinski definition) is 4. The van der Waals surface area contributed by atoms with Crippen LogP contribution in [0, 0.1) is 0 Å². The Morgan fingerprint density at radius 2 is 2.14 bits per heavy atom. The Hall–Kier alpha value is -1.24. The smallest absolute Gasteiger partial charge is 0.238 e. The van der Waals surface area contributed by atoms with Crippen molar-refractivity contribution < 1.29 is 9.59 Å². The molecule has 22 heavy (non-hydrogen) atoms. The summed E-state index contributed by atoms with van der Waals surface area (Å²) in [6.45, 7) is 1.33. The predicted octanol–water partition coefficient (Wildman–Crippen LogP) is 1.51. The number of amides is 2. The lowest BCUT2D eigenvalue weighted by Gasteiger charge is -2.16. The number of thioether (sulfide) groups is 1. The first-order valence-electron chi connectivity index (χ1n) is 7.22. The summed E-state index contributed by atoms with van der Waals surface area (Å²) in [6, 6.07) is 7.77. The molecular weight excluding hydrogens is 322 g/mol. The van der Waals surface area contributed by atoms with E-state index in [1.807, 2.05) is 29.2 Å². The van der Waals surface area contributed by atoms with Crippen molar-refractivity contribution in [2.45, 2.75) is 25.4 Å². The van der Waals surface area contributed by atoms with Gasteiger partial charge in [0.2, 0.25) is 11.8 Å². The van der Waals surface area contributed by atoms with Gasteiger partial charge in [-0.1, -0.05) is 12.1 Å². The van der Waals surface area contributed by atoms with Gasteiger partial charge in [-0.15, -0.1) is 24.2 Å². The summed E-state index contributed by atoms with van der Waals surface area (Å²) in [5.74, 6) is 1.93. The molecule has 2 amide bonds. The van der Waals surface area contributed by atoms with E-state index < -0.39 is 0 Å². The topological polar surface area (TPSA) is 61.4 Å². The highest BCUT2D eigenvalue weighted by Crippen LogP contribution is 2.21. The highest BCUT2D eigenvalue weighted by atomic mass is 35.5. The zero-order valence-corrected chi connectivity index (χ0v) is 13.8. The normalized spacial score (nSPS) is 20.8. The van der Waals surface area contributed by atoms with Crippen molar-refractivity contribution >= 4 is 41.7 Å². The van der Waals surface area contributed by atoms with Gasteiger partial charge in [0, 0.05) is 36.8 Å². The lowest BCUT2D eigenvalue weighted by Crippen LogP contribution is -2.41. The Kier molecular flexibility index (Phi) is 6.11. The molecule has 2 N–H and O–H groups in total. The predicted molar refractivity (Wildman–Crippen MR) is 91.4 cm³/mol. The highest BCUT2D eigenvalue weighted by molar-refractivity contribution is 7.99. The largest absolute Gasteiger partial charge is 0.351 e. The molecule has 2 aliphatic rings. The van der Waals surface area contributed by atoms with Crippen molar-refractivity contribution in [1.29, 1.82) is 0 Å². The minimum absolute atomic E-state index is 0. The number of carbonyl (C=O) groups is 2. The van der Waals surface area contributed by atoms with Crippen molar-refractivity contribution in [1.82, 2.24) is 10.6 Å². The van der Waals surface area contributed by atoms with E-state index in [1.165, 1.54) is 0 Å². The maximum atomic E-state index is 11.9. The van der Waals surface area contributed by atoms with Crippen LogP contribution in [-0.2, 0) is 16.1 Å². The van der Waals surface area contributed by atoms with Gasteiger partial charge in [0.05, 0.1) is 6.04 Å². The van der Waals surface area contributed by atoms with Crippen molar-refractivity contribution in [2.75, 3.05) is 23.1 Å². The fourth-order valence-corrected chi connectivity index (χ4v) is 3.53. The maximum absolute atomic E-state index is 11.9. The summed E-state index contributed by atoms with van der Waals surface area (Å²) in [7, 11) is 0. The van der Waals surface area contributed by atoms with Gasteiger partial charge in [-0.25, -0.2) is 0 Å². The van der Waals surface area contributed by atoms with Crippen LogP contribution < -0.4 is 15.5 Å². The first kappa shape index (κ1) is 17.1. The second-order valence-corrected chi connectivity index (χ2v) is 6.34. The molecule has 0 bridgehead atoms. The molecule has 2 aliphatic heterocycles. The molecule has 7 heteroatoms. The molecule has 120 valence electrons. The molecule has 3 rings (SSSR count). The minimum atomic E-state index is -0.0727. The standard InChI is InChI=1S/C15H19N3O2S.ClH/c19-14-2-1-7-18(14)12-5-3-11(4-6-12)8-16-15(20)13-9-21-10-17-13;/h3-6,13,17H,1-2,7-10H2,(H,16,20);1H. The fraction of sp³-hybridized carbons (Fsp3) is 0.467. The lowest BCUT2D eigenvalue weighted by molar-refractivity contribution is -0.122. The molecule has 1 unspecified atom stereocenters. The second-order valence-electron chi connectivity index (χ2n) is 5.31. The molecule has 1 aromatic rings. The van der Waals surface area contributed by atoms with E-state index >= 15 is 0 Å².